The first kappa shape index (κ1) is 10.3. The lowest BCUT2D eigenvalue weighted by atomic mass is 9.85. The summed E-state index contributed by atoms with van der Waals surface area (Å²) in [6.45, 7) is 1.16. The van der Waals surface area contributed by atoms with Gasteiger partial charge in [0.05, 0.1) is 6.20 Å². The molecule has 1 aliphatic heterocycles. The molecule has 16 heavy (non-hydrogen) atoms. The molecule has 1 unspecified atom stereocenters. The normalized spacial score (nSPS) is 26.6. The van der Waals surface area contributed by atoms with Crippen molar-refractivity contribution < 1.29 is 4.42 Å². The first-order valence-electron chi connectivity index (χ1n) is 6.60. The fraction of sp³-hybridized carbons (Fsp3) is 0.769. The Bertz CT molecular complexity index is 337. The van der Waals surface area contributed by atoms with E-state index in [2.05, 4.69) is 10.3 Å². The minimum absolute atomic E-state index is 0.607. The van der Waals surface area contributed by atoms with Crippen LogP contribution in [0.3, 0.4) is 0 Å². The minimum atomic E-state index is 0.607. The van der Waals surface area contributed by atoms with Crippen LogP contribution in [-0.2, 0) is 6.42 Å². The second kappa shape index (κ2) is 4.58. The number of rotatable bonds is 3. The summed E-state index contributed by atoms with van der Waals surface area (Å²) in [7, 11) is 0. The van der Waals surface area contributed by atoms with Gasteiger partial charge in [0.15, 0.2) is 5.89 Å². The van der Waals surface area contributed by atoms with Crippen LogP contribution >= 0.6 is 0 Å². The molecule has 1 aromatic rings. The van der Waals surface area contributed by atoms with E-state index < -0.39 is 0 Å². The summed E-state index contributed by atoms with van der Waals surface area (Å²) in [5, 5.41) is 3.55. The van der Waals surface area contributed by atoms with Gasteiger partial charge < -0.3 is 9.73 Å². The standard InChI is InChI=1S/C13H20N2O/c1-2-7-14-11(6-1)8-12-9-15-13(16-12)10-4-3-5-10/h9-11,14H,1-8H2. The van der Waals surface area contributed by atoms with Crippen LogP contribution in [0.25, 0.3) is 0 Å². The Balaban J connectivity index is 1.58. The Morgan fingerprint density at radius 3 is 2.88 bits per heavy atom. The summed E-state index contributed by atoms with van der Waals surface area (Å²) in [6.07, 6.45) is 10.8. The second-order valence-electron chi connectivity index (χ2n) is 5.14. The Morgan fingerprint density at radius 1 is 1.25 bits per heavy atom. The molecule has 1 aliphatic carbocycles. The average Bonchev–Trinajstić information content (AvgIpc) is 2.65. The summed E-state index contributed by atoms with van der Waals surface area (Å²) in [6, 6.07) is 0.607. The van der Waals surface area contributed by atoms with Gasteiger partial charge in [-0.25, -0.2) is 4.98 Å². The molecule has 2 heterocycles. The molecular formula is C13H20N2O. The third kappa shape index (κ3) is 2.14. The summed E-state index contributed by atoms with van der Waals surface area (Å²) in [5.41, 5.74) is 0. The largest absolute Gasteiger partial charge is 0.445 e. The van der Waals surface area contributed by atoms with Crippen molar-refractivity contribution in [2.24, 2.45) is 0 Å². The van der Waals surface area contributed by atoms with Gasteiger partial charge in [0, 0.05) is 18.4 Å². The molecule has 3 heteroatoms. The van der Waals surface area contributed by atoms with Crippen LogP contribution < -0.4 is 5.32 Å². The van der Waals surface area contributed by atoms with Gasteiger partial charge in [0.2, 0.25) is 0 Å². The Morgan fingerprint density at radius 2 is 2.19 bits per heavy atom. The molecule has 0 spiro atoms. The van der Waals surface area contributed by atoms with Gasteiger partial charge in [-0.05, 0) is 32.2 Å². The van der Waals surface area contributed by atoms with Crippen molar-refractivity contribution in [1.29, 1.82) is 0 Å². The highest BCUT2D eigenvalue weighted by Gasteiger charge is 2.24. The van der Waals surface area contributed by atoms with Crippen LogP contribution in [0.5, 0.6) is 0 Å². The Labute approximate surface area is 96.6 Å². The molecule has 0 aromatic carbocycles. The van der Waals surface area contributed by atoms with Crippen molar-refractivity contribution >= 4 is 0 Å². The number of hydrogen-bond donors (Lipinski definition) is 1. The third-order valence-corrected chi connectivity index (χ3v) is 3.89. The van der Waals surface area contributed by atoms with Crippen molar-refractivity contribution in [1.82, 2.24) is 10.3 Å². The van der Waals surface area contributed by atoms with Crippen molar-refractivity contribution in [2.75, 3.05) is 6.54 Å². The summed E-state index contributed by atoms with van der Waals surface area (Å²) >= 11 is 0. The maximum atomic E-state index is 5.84. The van der Waals surface area contributed by atoms with E-state index in [1.165, 1.54) is 38.5 Å². The van der Waals surface area contributed by atoms with Crippen LogP contribution in [0, 0.1) is 0 Å². The lowest BCUT2D eigenvalue weighted by Crippen LogP contribution is -2.35. The predicted octanol–water partition coefficient (Wildman–Crippen LogP) is 2.63. The second-order valence-corrected chi connectivity index (χ2v) is 5.14. The van der Waals surface area contributed by atoms with Gasteiger partial charge in [-0.1, -0.05) is 12.8 Å². The quantitative estimate of drug-likeness (QED) is 0.851. The molecule has 0 radical (unpaired) electrons. The van der Waals surface area contributed by atoms with E-state index in [1.54, 1.807) is 0 Å². The molecule has 3 nitrogen and oxygen atoms in total. The van der Waals surface area contributed by atoms with E-state index in [0.717, 1.165) is 24.6 Å². The van der Waals surface area contributed by atoms with E-state index in [9.17, 15) is 0 Å². The zero-order valence-corrected chi connectivity index (χ0v) is 9.74. The van der Waals surface area contributed by atoms with Crippen molar-refractivity contribution in [3.8, 4) is 0 Å². The number of oxazole rings is 1. The monoisotopic (exact) mass is 220 g/mol. The zero-order valence-electron chi connectivity index (χ0n) is 9.74. The Kier molecular flexibility index (Phi) is 2.96. The molecule has 1 aromatic heterocycles. The fourth-order valence-corrected chi connectivity index (χ4v) is 2.60. The van der Waals surface area contributed by atoms with Gasteiger partial charge in [-0.2, -0.15) is 0 Å². The highest BCUT2D eigenvalue weighted by molar-refractivity contribution is 5.03. The number of nitrogens with zero attached hydrogens (tertiary/aromatic N) is 1. The summed E-state index contributed by atoms with van der Waals surface area (Å²) in [4.78, 5) is 4.41. The van der Waals surface area contributed by atoms with Crippen LogP contribution in [0.4, 0.5) is 0 Å². The van der Waals surface area contributed by atoms with Crippen LogP contribution in [0.15, 0.2) is 10.6 Å². The number of piperidine rings is 1. The molecule has 0 amide bonds. The van der Waals surface area contributed by atoms with Crippen molar-refractivity contribution in [3.63, 3.8) is 0 Å². The molecule has 0 bridgehead atoms. The van der Waals surface area contributed by atoms with Gasteiger partial charge in [0.25, 0.3) is 0 Å². The lowest BCUT2D eigenvalue weighted by molar-refractivity contribution is 0.313. The topological polar surface area (TPSA) is 38.1 Å². The van der Waals surface area contributed by atoms with Gasteiger partial charge >= 0.3 is 0 Å². The predicted molar refractivity (Wildman–Crippen MR) is 62.4 cm³/mol. The summed E-state index contributed by atoms with van der Waals surface area (Å²) in [5.74, 6) is 2.67. The molecule has 2 fully saturated rings. The SMILES string of the molecule is c1nc(C2CCC2)oc1CC1CCCCN1. The van der Waals surface area contributed by atoms with Crippen molar-refractivity contribution in [3.05, 3.63) is 17.8 Å². The first-order valence-corrected chi connectivity index (χ1v) is 6.60. The molecule has 1 N–H and O–H groups in total. The van der Waals surface area contributed by atoms with Crippen LogP contribution in [0.1, 0.15) is 56.1 Å². The third-order valence-electron chi connectivity index (χ3n) is 3.89. The van der Waals surface area contributed by atoms with E-state index in [1.807, 2.05) is 6.20 Å². The smallest absolute Gasteiger partial charge is 0.197 e. The molecule has 88 valence electrons. The first-order chi connectivity index (χ1) is 7.92. The van der Waals surface area contributed by atoms with E-state index in [0.29, 0.717) is 12.0 Å². The molecule has 2 aliphatic rings. The lowest BCUT2D eigenvalue weighted by Gasteiger charge is -2.23. The van der Waals surface area contributed by atoms with Gasteiger partial charge in [0.1, 0.15) is 5.76 Å². The molecule has 3 rings (SSSR count). The minimum Gasteiger partial charge on any atom is -0.445 e. The Hall–Kier alpha value is -0.830. The molecule has 1 atom stereocenters. The van der Waals surface area contributed by atoms with Crippen LogP contribution in [-0.4, -0.2) is 17.6 Å². The maximum Gasteiger partial charge on any atom is 0.197 e. The highest BCUT2D eigenvalue weighted by Crippen LogP contribution is 2.35. The summed E-state index contributed by atoms with van der Waals surface area (Å²) < 4.78 is 5.84. The molecule has 1 saturated heterocycles. The molecule has 1 saturated carbocycles. The highest BCUT2D eigenvalue weighted by atomic mass is 16.4. The van der Waals surface area contributed by atoms with E-state index >= 15 is 0 Å². The zero-order chi connectivity index (χ0) is 10.8. The number of hydrogen-bond acceptors (Lipinski definition) is 3. The van der Waals surface area contributed by atoms with E-state index in [4.69, 9.17) is 4.42 Å². The van der Waals surface area contributed by atoms with Gasteiger partial charge in [-0.15, -0.1) is 0 Å². The number of aromatic nitrogens is 1. The fourth-order valence-electron chi connectivity index (χ4n) is 2.60. The maximum absolute atomic E-state index is 5.84. The van der Waals surface area contributed by atoms with Gasteiger partial charge in [-0.3, -0.25) is 0 Å². The van der Waals surface area contributed by atoms with Crippen molar-refractivity contribution in [2.45, 2.75) is 56.9 Å². The number of nitrogens with one attached hydrogen (secondary N) is 1. The van der Waals surface area contributed by atoms with E-state index in [-0.39, 0.29) is 0 Å². The average molecular weight is 220 g/mol. The van der Waals surface area contributed by atoms with Crippen LogP contribution in [0.2, 0.25) is 0 Å². The molecular weight excluding hydrogens is 200 g/mol.